The number of aromatic nitrogens is 1. The Morgan fingerprint density at radius 2 is 2.25 bits per heavy atom. The zero-order valence-electron chi connectivity index (χ0n) is 6.90. The largest absolute Gasteiger partial charge is 0.447 e. The summed E-state index contributed by atoms with van der Waals surface area (Å²) in [6, 6.07) is 0. The van der Waals surface area contributed by atoms with E-state index in [2.05, 4.69) is 9.88 Å². The molecule has 0 bridgehead atoms. The van der Waals surface area contributed by atoms with Crippen molar-refractivity contribution in [3.05, 3.63) is 18.4 Å². The lowest BCUT2D eigenvalue weighted by Crippen LogP contribution is -2.35. The van der Waals surface area contributed by atoms with Gasteiger partial charge in [0.2, 0.25) is 0 Å². The highest BCUT2D eigenvalue weighted by molar-refractivity contribution is 4.88. The lowest BCUT2D eigenvalue weighted by molar-refractivity contribution is 0.0313. The fourth-order valence-electron chi connectivity index (χ4n) is 1.30. The molecule has 0 atom stereocenters. The minimum Gasteiger partial charge on any atom is -0.447 e. The van der Waals surface area contributed by atoms with Gasteiger partial charge in [-0.3, -0.25) is 4.90 Å². The molecule has 1 aromatic rings. The molecule has 1 fully saturated rings. The molecule has 0 spiro atoms. The average Bonchev–Trinajstić information content (AvgIpc) is 2.59. The average molecular weight is 168 g/mol. The van der Waals surface area contributed by atoms with Crippen LogP contribution in [0.4, 0.5) is 0 Å². The molecule has 0 aromatic carbocycles. The molecule has 0 amide bonds. The van der Waals surface area contributed by atoms with Gasteiger partial charge in [-0.2, -0.15) is 0 Å². The molecule has 1 aliphatic heterocycles. The summed E-state index contributed by atoms with van der Waals surface area (Å²) in [4.78, 5) is 6.16. The molecule has 1 saturated heterocycles. The normalized spacial score (nSPS) is 19.7. The van der Waals surface area contributed by atoms with Gasteiger partial charge in [0.05, 0.1) is 26.0 Å². The van der Waals surface area contributed by atoms with Crippen molar-refractivity contribution in [3.63, 3.8) is 0 Å². The third kappa shape index (κ3) is 1.84. The minimum absolute atomic E-state index is 0.828. The molecule has 0 aliphatic carbocycles. The maximum Gasteiger partial charge on any atom is 0.180 e. The SMILES string of the molecule is c1ncc(CN2CCOCC2)o1. The molecule has 66 valence electrons. The van der Waals surface area contributed by atoms with Gasteiger partial charge in [0.15, 0.2) is 6.39 Å². The van der Waals surface area contributed by atoms with Crippen LogP contribution in [0.25, 0.3) is 0 Å². The van der Waals surface area contributed by atoms with E-state index in [1.807, 2.05) is 0 Å². The van der Waals surface area contributed by atoms with Crippen molar-refractivity contribution in [3.8, 4) is 0 Å². The van der Waals surface area contributed by atoms with Gasteiger partial charge in [-0.15, -0.1) is 0 Å². The smallest absolute Gasteiger partial charge is 0.180 e. The van der Waals surface area contributed by atoms with Gasteiger partial charge in [0, 0.05) is 13.1 Å². The summed E-state index contributed by atoms with van der Waals surface area (Å²) in [7, 11) is 0. The number of rotatable bonds is 2. The summed E-state index contributed by atoms with van der Waals surface area (Å²) in [5.41, 5.74) is 0. The molecule has 1 aliphatic rings. The molecule has 12 heavy (non-hydrogen) atoms. The second-order valence-electron chi connectivity index (χ2n) is 2.86. The molecular weight excluding hydrogens is 156 g/mol. The molecule has 4 heteroatoms. The van der Waals surface area contributed by atoms with Crippen LogP contribution in [-0.4, -0.2) is 36.2 Å². The summed E-state index contributed by atoms with van der Waals surface area (Å²) in [5, 5.41) is 0. The van der Waals surface area contributed by atoms with E-state index in [0.717, 1.165) is 38.6 Å². The van der Waals surface area contributed by atoms with E-state index >= 15 is 0 Å². The maximum atomic E-state index is 5.23. The van der Waals surface area contributed by atoms with E-state index < -0.39 is 0 Å². The monoisotopic (exact) mass is 168 g/mol. The third-order valence-electron chi connectivity index (χ3n) is 1.97. The van der Waals surface area contributed by atoms with Crippen LogP contribution in [-0.2, 0) is 11.3 Å². The maximum absolute atomic E-state index is 5.23. The van der Waals surface area contributed by atoms with Crippen molar-refractivity contribution in [2.75, 3.05) is 26.3 Å². The zero-order valence-corrected chi connectivity index (χ0v) is 6.90. The van der Waals surface area contributed by atoms with Crippen molar-refractivity contribution >= 4 is 0 Å². The minimum atomic E-state index is 0.828. The molecule has 1 aromatic heterocycles. The van der Waals surface area contributed by atoms with Gasteiger partial charge in [0.1, 0.15) is 5.76 Å². The number of oxazole rings is 1. The standard InChI is InChI=1S/C8H12N2O2/c1-3-11-4-2-10(1)6-8-5-9-7-12-8/h5,7H,1-4,6H2. The van der Waals surface area contributed by atoms with Crippen molar-refractivity contribution in [1.29, 1.82) is 0 Å². The summed E-state index contributed by atoms with van der Waals surface area (Å²) < 4.78 is 10.4. The van der Waals surface area contributed by atoms with Crippen molar-refractivity contribution in [2.24, 2.45) is 0 Å². The first-order valence-corrected chi connectivity index (χ1v) is 4.12. The molecular formula is C8H12N2O2. The fourth-order valence-corrected chi connectivity index (χ4v) is 1.30. The van der Waals surface area contributed by atoms with Crippen molar-refractivity contribution in [2.45, 2.75) is 6.54 Å². The topological polar surface area (TPSA) is 38.5 Å². The van der Waals surface area contributed by atoms with Crippen LogP contribution in [0.3, 0.4) is 0 Å². The quantitative estimate of drug-likeness (QED) is 0.644. The Balaban J connectivity index is 1.86. The molecule has 2 heterocycles. The van der Waals surface area contributed by atoms with E-state index in [1.165, 1.54) is 6.39 Å². The van der Waals surface area contributed by atoms with Crippen LogP contribution >= 0.6 is 0 Å². The van der Waals surface area contributed by atoms with Crippen molar-refractivity contribution in [1.82, 2.24) is 9.88 Å². The zero-order chi connectivity index (χ0) is 8.23. The molecule has 4 nitrogen and oxygen atoms in total. The molecule has 0 radical (unpaired) electrons. The first-order valence-electron chi connectivity index (χ1n) is 4.12. The van der Waals surface area contributed by atoms with Crippen LogP contribution in [0.5, 0.6) is 0 Å². The first-order chi connectivity index (χ1) is 5.95. The highest BCUT2D eigenvalue weighted by Gasteiger charge is 2.11. The number of nitrogens with zero attached hydrogens (tertiary/aromatic N) is 2. The van der Waals surface area contributed by atoms with Crippen LogP contribution in [0.15, 0.2) is 17.0 Å². The second kappa shape index (κ2) is 3.69. The van der Waals surface area contributed by atoms with Gasteiger partial charge >= 0.3 is 0 Å². The predicted molar refractivity (Wildman–Crippen MR) is 42.6 cm³/mol. The fraction of sp³-hybridized carbons (Fsp3) is 0.625. The Bertz CT molecular complexity index is 217. The number of hydrogen-bond donors (Lipinski definition) is 0. The Hall–Kier alpha value is -0.870. The Kier molecular flexibility index (Phi) is 2.39. The van der Waals surface area contributed by atoms with E-state index in [4.69, 9.17) is 9.15 Å². The Morgan fingerprint density at radius 1 is 1.42 bits per heavy atom. The highest BCUT2D eigenvalue weighted by atomic mass is 16.5. The van der Waals surface area contributed by atoms with E-state index in [0.29, 0.717) is 0 Å². The van der Waals surface area contributed by atoms with E-state index in [9.17, 15) is 0 Å². The lowest BCUT2D eigenvalue weighted by atomic mass is 10.4. The van der Waals surface area contributed by atoms with Crippen LogP contribution in [0.1, 0.15) is 5.76 Å². The van der Waals surface area contributed by atoms with E-state index in [1.54, 1.807) is 6.20 Å². The number of hydrogen-bond acceptors (Lipinski definition) is 4. The summed E-state index contributed by atoms with van der Waals surface area (Å²) >= 11 is 0. The lowest BCUT2D eigenvalue weighted by Gasteiger charge is -2.25. The summed E-state index contributed by atoms with van der Waals surface area (Å²) in [6.07, 6.45) is 3.23. The first kappa shape index (κ1) is 7.76. The van der Waals surface area contributed by atoms with Gasteiger partial charge in [-0.25, -0.2) is 4.98 Å². The van der Waals surface area contributed by atoms with Gasteiger partial charge in [-0.1, -0.05) is 0 Å². The number of morpholine rings is 1. The highest BCUT2D eigenvalue weighted by Crippen LogP contribution is 2.05. The van der Waals surface area contributed by atoms with Crippen LogP contribution in [0.2, 0.25) is 0 Å². The molecule has 0 saturated carbocycles. The van der Waals surface area contributed by atoms with Crippen molar-refractivity contribution < 1.29 is 9.15 Å². The second-order valence-corrected chi connectivity index (χ2v) is 2.86. The third-order valence-corrected chi connectivity index (χ3v) is 1.97. The van der Waals surface area contributed by atoms with Gasteiger partial charge in [-0.05, 0) is 0 Å². The Morgan fingerprint density at radius 3 is 2.92 bits per heavy atom. The molecule has 2 rings (SSSR count). The van der Waals surface area contributed by atoms with Gasteiger partial charge < -0.3 is 9.15 Å². The molecule has 0 unspecified atom stereocenters. The Labute approximate surface area is 71.1 Å². The van der Waals surface area contributed by atoms with Crippen LogP contribution < -0.4 is 0 Å². The van der Waals surface area contributed by atoms with Gasteiger partial charge in [0.25, 0.3) is 0 Å². The molecule has 0 N–H and O–H groups in total. The summed E-state index contributed by atoms with van der Waals surface area (Å²) in [5.74, 6) is 0.928. The van der Waals surface area contributed by atoms with E-state index in [-0.39, 0.29) is 0 Å². The predicted octanol–water partition coefficient (Wildman–Crippen LogP) is 0.507. The van der Waals surface area contributed by atoms with Crippen LogP contribution in [0, 0.1) is 0 Å². The summed E-state index contributed by atoms with van der Waals surface area (Å²) in [6.45, 7) is 4.48. The number of ether oxygens (including phenoxy) is 1.